The lowest BCUT2D eigenvalue weighted by Gasteiger charge is -2.35. The number of aromatic nitrogens is 1. The van der Waals surface area contributed by atoms with Gasteiger partial charge in [-0.2, -0.15) is 0 Å². The summed E-state index contributed by atoms with van der Waals surface area (Å²) in [6.45, 7) is 6.69. The lowest BCUT2D eigenvalue weighted by atomic mass is 10.0. The first-order valence-electron chi connectivity index (χ1n) is 10.4. The minimum absolute atomic E-state index is 0.0643. The predicted octanol–water partition coefficient (Wildman–Crippen LogP) is 3.88. The number of methoxy groups -OCH3 is 1. The van der Waals surface area contributed by atoms with Gasteiger partial charge in [-0.1, -0.05) is 0 Å². The van der Waals surface area contributed by atoms with Gasteiger partial charge in [-0.05, 0) is 57.9 Å². The molecule has 0 aliphatic carbocycles. The van der Waals surface area contributed by atoms with Crippen molar-refractivity contribution in [2.24, 2.45) is 0 Å². The Balaban J connectivity index is 1.76. The molecule has 2 N–H and O–H groups in total. The highest BCUT2D eigenvalue weighted by atomic mass is 19.1. The van der Waals surface area contributed by atoms with Crippen LogP contribution in [0.3, 0.4) is 0 Å². The molecule has 1 atom stereocenters. The van der Waals surface area contributed by atoms with Crippen LogP contribution in [0.1, 0.15) is 39.2 Å². The van der Waals surface area contributed by atoms with Crippen molar-refractivity contribution in [3.8, 4) is 17.0 Å². The van der Waals surface area contributed by atoms with Crippen molar-refractivity contribution in [1.29, 1.82) is 0 Å². The Labute approximate surface area is 182 Å². The number of nitrogens with zero attached hydrogens (tertiary/aromatic N) is 2. The monoisotopic (exact) mass is 431 g/mol. The quantitative estimate of drug-likeness (QED) is 0.748. The van der Waals surface area contributed by atoms with Crippen LogP contribution < -0.4 is 15.0 Å². The summed E-state index contributed by atoms with van der Waals surface area (Å²) in [7, 11) is 1.42. The Morgan fingerprint density at radius 3 is 2.77 bits per heavy atom. The van der Waals surface area contributed by atoms with Gasteiger partial charge in [0.1, 0.15) is 5.60 Å². The highest BCUT2D eigenvalue weighted by molar-refractivity contribution is 5.69. The van der Waals surface area contributed by atoms with Crippen LogP contribution in [0, 0.1) is 5.82 Å². The van der Waals surface area contributed by atoms with Gasteiger partial charge in [0, 0.05) is 30.3 Å². The minimum atomic E-state index is -0.552. The molecule has 0 spiro atoms. The van der Waals surface area contributed by atoms with E-state index in [-0.39, 0.29) is 18.4 Å². The van der Waals surface area contributed by atoms with Gasteiger partial charge in [0.05, 0.1) is 31.3 Å². The summed E-state index contributed by atoms with van der Waals surface area (Å²) < 4.78 is 24.4. The van der Waals surface area contributed by atoms with Gasteiger partial charge < -0.3 is 24.8 Å². The number of halogens is 1. The summed E-state index contributed by atoms with van der Waals surface area (Å²) in [5, 5.41) is 12.9. The van der Waals surface area contributed by atoms with E-state index in [1.165, 1.54) is 13.2 Å². The number of rotatable bonds is 5. The first-order valence-corrected chi connectivity index (χ1v) is 10.4. The van der Waals surface area contributed by atoms with E-state index in [1.54, 1.807) is 24.4 Å². The van der Waals surface area contributed by atoms with E-state index in [2.05, 4.69) is 15.2 Å². The third-order valence-electron chi connectivity index (χ3n) is 5.07. The zero-order valence-electron chi connectivity index (χ0n) is 18.4. The van der Waals surface area contributed by atoms with Crippen molar-refractivity contribution in [3.63, 3.8) is 0 Å². The number of aliphatic hydroxyl groups is 1. The van der Waals surface area contributed by atoms with Crippen LogP contribution in [0.25, 0.3) is 11.3 Å². The molecule has 31 heavy (non-hydrogen) atoms. The summed E-state index contributed by atoms with van der Waals surface area (Å²) in [4.78, 5) is 18.7. The number of aliphatic hydroxyl groups excluding tert-OH is 1. The van der Waals surface area contributed by atoms with Crippen molar-refractivity contribution in [3.05, 3.63) is 41.8 Å². The number of nitrogens with one attached hydrogen (secondary N) is 1. The average Bonchev–Trinajstić information content (AvgIpc) is 2.72. The summed E-state index contributed by atoms with van der Waals surface area (Å²) in [5.41, 5.74) is 2.11. The number of hydrogen-bond acceptors (Lipinski definition) is 6. The largest absolute Gasteiger partial charge is 0.494 e. The van der Waals surface area contributed by atoms with Crippen molar-refractivity contribution in [2.45, 2.75) is 51.9 Å². The fourth-order valence-corrected chi connectivity index (χ4v) is 3.67. The number of benzene rings is 1. The molecule has 1 aliphatic heterocycles. The number of alkyl carbamates (subject to hydrolysis) is 1. The molecule has 1 fully saturated rings. The molecule has 1 saturated heterocycles. The molecular weight excluding hydrogens is 401 g/mol. The second-order valence-electron chi connectivity index (χ2n) is 8.64. The standard InChI is InChI=1S/C23H30FN3O4/c1-23(2,3)31-22(29)26-17-6-5-9-27(13-17)20-12-25-19(11-16(20)14-28)15-7-8-21(30-4)18(24)10-15/h7-8,10-12,17,28H,5-6,9,13-14H2,1-4H3,(H,26,29)/t17-/m1/s1. The molecule has 1 aromatic carbocycles. The highest BCUT2D eigenvalue weighted by Crippen LogP contribution is 2.29. The average molecular weight is 432 g/mol. The molecule has 0 saturated carbocycles. The third-order valence-corrected chi connectivity index (χ3v) is 5.07. The first kappa shape index (κ1) is 22.8. The van der Waals surface area contributed by atoms with Gasteiger partial charge in [-0.15, -0.1) is 0 Å². The van der Waals surface area contributed by atoms with Gasteiger partial charge in [-0.25, -0.2) is 9.18 Å². The molecule has 0 radical (unpaired) electrons. The number of amides is 1. The zero-order valence-corrected chi connectivity index (χ0v) is 18.4. The lowest BCUT2D eigenvalue weighted by Crippen LogP contribution is -2.49. The van der Waals surface area contributed by atoms with Crippen LogP contribution in [0.5, 0.6) is 5.75 Å². The Morgan fingerprint density at radius 2 is 2.13 bits per heavy atom. The summed E-state index contributed by atoms with van der Waals surface area (Å²) in [6.07, 6.45) is 2.99. The van der Waals surface area contributed by atoms with Gasteiger partial charge in [0.2, 0.25) is 0 Å². The second-order valence-corrected chi connectivity index (χ2v) is 8.64. The molecule has 1 aliphatic rings. The lowest BCUT2D eigenvalue weighted by molar-refractivity contribution is 0.0500. The molecule has 168 valence electrons. The van der Waals surface area contributed by atoms with Gasteiger partial charge in [0.15, 0.2) is 11.6 Å². The number of ether oxygens (including phenoxy) is 2. The molecule has 8 heteroatoms. The maximum Gasteiger partial charge on any atom is 0.407 e. The van der Waals surface area contributed by atoms with Crippen LogP contribution >= 0.6 is 0 Å². The molecule has 1 amide bonds. The smallest absolute Gasteiger partial charge is 0.407 e. The van der Waals surface area contributed by atoms with Crippen molar-refractivity contribution in [1.82, 2.24) is 10.3 Å². The van der Waals surface area contributed by atoms with Gasteiger partial charge in [-0.3, -0.25) is 4.98 Å². The maximum atomic E-state index is 14.1. The number of pyridine rings is 1. The van der Waals surface area contributed by atoms with Gasteiger partial charge >= 0.3 is 6.09 Å². The molecular formula is C23H30FN3O4. The Kier molecular flexibility index (Phi) is 7.00. The van der Waals surface area contributed by atoms with E-state index in [4.69, 9.17) is 9.47 Å². The van der Waals surface area contributed by atoms with E-state index in [9.17, 15) is 14.3 Å². The molecule has 2 aromatic rings. The number of carbonyl (C=O) groups is 1. The van der Waals surface area contributed by atoms with Crippen LogP contribution in [0.2, 0.25) is 0 Å². The Hall–Kier alpha value is -2.87. The molecule has 0 bridgehead atoms. The van der Waals surface area contributed by atoms with Crippen LogP contribution in [-0.4, -0.2) is 48.0 Å². The summed E-state index contributed by atoms with van der Waals surface area (Å²) in [6, 6.07) is 6.35. The van der Waals surface area contributed by atoms with Crippen LogP contribution in [0.15, 0.2) is 30.5 Å². The number of hydrogen-bond donors (Lipinski definition) is 2. The fraction of sp³-hybridized carbons (Fsp3) is 0.478. The molecule has 0 unspecified atom stereocenters. The van der Waals surface area contributed by atoms with Crippen LogP contribution in [0.4, 0.5) is 14.9 Å². The van der Waals surface area contributed by atoms with Crippen molar-refractivity contribution >= 4 is 11.8 Å². The van der Waals surface area contributed by atoms with Crippen molar-refractivity contribution in [2.75, 3.05) is 25.1 Å². The van der Waals surface area contributed by atoms with Crippen molar-refractivity contribution < 1.29 is 23.8 Å². The first-order chi connectivity index (χ1) is 14.7. The molecule has 7 nitrogen and oxygen atoms in total. The SMILES string of the molecule is COc1ccc(-c2cc(CO)c(N3CCC[C@@H](NC(=O)OC(C)(C)C)C3)cn2)cc1F. The molecule has 3 rings (SSSR count). The summed E-state index contributed by atoms with van der Waals surface area (Å²) in [5.74, 6) is -0.303. The van der Waals surface area contributed by atoms with E-state index in [0.717, 1.165) is 25.1 Å². The van der Waals surface area contributed by atoms with Gasteiger partial charge in [0.25, 0.3) is 0 Å². The number of carbonyl (C=O) groups excluding carboxylic acids is 1. The topological polar surface area (TPSA) is 83.9 Å². The predicted molar refractivity (Wildman–Crippen MR) is 117 cm³/mol. The van der Waals surface area contributed by atoms with E-state index in [1.807, 2.05) is 20.8 Å². The highest BCUT2D eigenvalue weighted by Gasteiger charge is 2.25. The number of piperidine rings is 1. The maximum absolute atomic E-state index is 14.1. The minimum Gasteiger partial charge on any atom is -0.494 e. The normalized spacial score (nSPS) is 16.7. The third kappa shape index (κ3) is 5.85. The molecule has 1 aromatic heterocycles. The summed E-state index contributed by atoms with van der Waals surface area (Å²) >= 11 is 0. The Morgan fingerprint density at radius 1 is 1.35 bits per heavy atom. The second kappa shape index (κ2) is 9.51. The van der Waals surface area contributed by atoms with Crippen LogP contribution in [-0.2, 0) is 11.3 Å². The molecule has 2 heterocycles. The fourth-order valence-electron chi connectivity index (χ4n) is 3.67. The van der Waals surface area contributed by atoms with E-state index in [0.29, 0.717) is 23.4 Å². The Bertz CT molecular complexity index is 930. The van der Waals surface area contributed by atoms with E-state index < -0.39 is 17.5 Å². The zero-order chi connectivity index (χ0) is 22.6. The number of anilines is 1. The van der Waals surface area contributed by atoms with E-state index >= 15 is 0 Å².